The number of ketones is 1. The smallest absolute Gasteiger partial charge is 0.253 e. The average Bonchev–Trinajstić information content (AvgIpc) is 3.16. The number of carbonyl (C=O) groups is 1. The molecule has 0 unspecified atom stereocenters. The van der Waals surface area contributed by atoms with Gasteiger partial charge in [-0.2, -0.15) is 9.29 Å². The summed E-state index contributed by atoms with van der Waals surface area (Å²) in [4.78, 5) is 21.4. The molecule has 1 aliphatic rings. The van der Waals surface area contributed by atoms with Crippen molar-refractivity contribution >= 4 is 45.8 Å². The summed E-state index contributed by atoms with van der Waals surface area (Å²) in [5, 5.41) is 4.84. The second kappa shape index (κ2) is 9.61. The molecule has 1 aliphatic heterocycles. The minimum Gasteiger partial charge on any atom is -0.379 e. The van der Waals surface area contributed by atoms with Crippen molar-refractivity contribution in [3.63, 3.8) is 0 Å². The molecule has 0 spiro atoms. The summed E-state index contributed by atoms with van der Waals surface area (Å²) in [5.41, 5.74) is 2.21. The van der Waals surface area contributed by atoms with Crippen molar-refractivity contribution in [2.45, 2.75) is 23.9 Å². The number of rotatable bonds is 6. The van der Waals surface area contributed by atoms with Crippen LogP contribution in [-0.4, -0.2) is 70.1 Å². The maximum absolute atomic E-state index is 12.7. The van der Waals surface area contributed by atoms with Crippen LogP contribution in [-0.2, 0) is 14.8 Å². The van der Waals surface area contributed by atoms with Crippen LogP contribution < -0.4 is 0 Å². The third-order valence-corrected chi connectivity index (χ3v) is 7.47. The van der Waals surface area contributed by atoms with Gasteiger partial charge in [0, 0.05) is 30.0 Å². The third-order valence-electron chi connectivity index (χ3n) is 4.72. The van der Waals surface area contributed by atoms with Crippen molar-refractivity contribution < 1.29 is 17.9 Å². The Morgan fingerprint density at radius 3 is 2.48 bits per heavy atom. The molecule has 1 fully saturated rings. The molecule has 0 amide bonds. The Morgan fingerprint density at radius 2 is 1.81 bits per heavy atom. The number of morpholine rings is 1. The number of sulfonamides is 1. The van der Waals surface area contributed by atoms with E-state index in [2.05, 4.69) is 15.1 Å². The number of aryl methyl sites for hydroxylation is 2. The molecule has 0 saturated carbocycles. The number of Topliss-reactive ketones (excluding diaryl/α,β-unsaturated/α-hetero) is 1. The molecule has 1 saturated heterocycles. The van der Waals surface area contributed by atoms with Gasteiger partial charge >= 0.3 is 0 Å². The lowest BCUT2D eigenvalue weighted by molar-refractivity contribution is 0.0730. The van der Waals surface area contributed by atoms with Crippen LogP contribution in [0, 0.1) is 13.8 Å². The first kappa shape index (κ1) is 23.6. The molecule has 0 atom stereocenters. The van der Waals surface area contributed by atoms with Crippen molar-refractivity contribution in [3.8, 4) is 0 Å². The summed E-state index contributed by atoms with van der Waals surface area (Å²) < 4.78 is 33.6. The van der Waals surface area contributed by atoms with Crippen LogP contribution in [0.4, 0.5) is 0 Å². The topological polar surface area (TPSA) is 107 Å². The number of fused-ring (bicyclic) bond motifs is 1. The van der Waals surface area contributed by atoms with Gasteiger partial charge in [0.25, 0.3) is 5.78 Å². The number of nitrogens with zero attached hydrogens (tertiary/aromatic N) is 5. The summed E-state index contributed by atoms with van der Waals surface area (Å²) >= 11 is 1.22. The number of ether oxygens (including phenoxy) is 1. The quantitative estimate of drug-likeness (QED) is 0.388. The van der Waals surface area contributed by atoms with Gasteiger partial charge < -0.3 is 4.74 Å². The van der Waals surface area contributed by atoms with Gasteiger partial charge in [-0.15, -0.1) is 17.5 Å². The SMILES string of the molecule is Cc1cc(C)n2nc(SCC(=O)c3ccc(S(=O)(=O)N4CCOCC4)cc3)nc2n1.Cl. The third kappa shape index (κ3) is 5.07. The Kier molecular flexibility index (Phi) is 7.32. The number of hydrogen-bond acceptors (Lipinski definition) is 8. The van der Waals surface area contributed by atoms with Crippen LogP contribution in [0.25, 0.3) is 5.78 Å². The molecule has 0 N–H and O–H groups in total. The van der Waals surface area contributed by atoms with E-state index in [1.165, 1.54) is 28.2 Å². The first-order valence-electron chi connectivity index (χ1n) is 9.39. The number of aromatic nitrogens is 4. The van der Waals surface area contributed by atoms with Gasteiger partial charge in [-0.25, -0.2) is 17.9 Å². The Balaban J connectivity index is 0.00000272. The highest BCUT2D eigenvalue weighted by Gasteiger charge is 2.26. The van der Waals surface area contributed by atoms with Crippen molar-refractivity contribution in [2.75, 3.05) is 32.1 Å². The summed E-state index contributed by atoms with van der Waals surface area (Å²) in [6.07, 6.45) is 0. The van der Waals surface area contributed by atoms with Crippen LogP contribution in [0.3, 0.4) is 0 Å². The molecule has 3 aromatic rings. The zero-order valence-electron chi connectivity index (χ0n) is 17.0. The monoisotopic (exact) mass is 483 g/mol. The molecule has 3 heterocycles. The summed E-state index contributed by atoms with van der Waals surface area (Å²) in [6, 6.07) is 7.95. The lowest BCUT2D eigenvalue weighted by atomic mass is 10.1. The molecule has 0 bridgehead atoms. The van der Waals surface area contributed by atoms with Gasteiger partial charge in [0.05, 0.1) is 23.9 Å². The second-order valence-corrected chi connectivity index (χ2v) is 9.78. The summed E-state index contributed by atoms with van der Waals surface area (Å²) in [7, 11) is -3.58. The van der Waals surface area contributed by atoms with Crippen molar-refractivity contribution in [1.82, 2.24) is 23.9 Å². The molecular weight excluding hydrogens is 462 g/mol. The van der Waals surface area contributed by atoms with E-state index >= 15 is 0 Å². The summed E-state index contributed by atoms with van der Waals surface area (Å²) in [6.45, 7) is 5.25. The van der Waals surface area contributed by atoms with Crippen LogP contribution in [0.15, 0.2) is 40.4 Å². The molecule has 9 nitrogen and oxygen atoms in total. The average molecular weight is 484 g/mol. The van der Waals surface area contributed by atoms with Gasteiger partial charge in [-0.3, -0.25) is 4.79 Å². The fourth-order valence-electron chi connectivity index (χ4n) is 3.17. The van der Waals surface area contributed by atoms with E-state index in [-0.39, 0.29) is 28.8 Å². The predicted octanol–water partition coefficient (Wildman–Crippen LogP) is 2.16. The highest BCUT2D eigenvalue weighted by Crippen LogP contribution is 2.20. The second-order valence-electron chi connectivity index (χ2n) is 6.90. The number of benzene rings is 1. The molecule has 166 valence electrons. The molecule has 0 aliphatic carbocycles. The number of thioether (sulfide) groups is 1. The standard InChI is InChI=1S/C19H21N5O4S2.ClH/c1-13-11-14(2)24-18(20-13)21-19(22-24)29-12-17(25)15-3-5-16(6-4-15)30(26,27)23-7-9-28-10-8-23;/h3-6,11H,7-10,12H2,1-2H3;1H. The predicted molar refractivity (Wildman–Crippen MR) is 119 cm³/mol. The number of hydrogen-bond donors (Lipinski definition) is 0. The van der Waals surface area contributed by atoms with E-state index in [4.69, 9.17) is 4.74 Å². The van der Waals surface area contributed by atoms with Crippen molar-refractivity contribution in [1.29, 1.82) is 0 Å². The van der Waals surface area contributed by atoms with Crippen molar-refractivity contribution in [3.05, 3.63) is 47.3 Å². The van der Waals surface area contributed by atoms with E-state index in [0.29, 0.717) is 42.8 Å². The fourth-order valence-corrected chi connectivity index (χ4v) is 5.29. The van der Waals surface area contributed by atoms with Crippen molar-refractivity contribution in [2.24, 2.45) is 0 Å². The Bertz CT molecular complexity index is 1190. The van der Waals surface area contributed by atoms with E-state index < -0.39 is 10.0 Å². The molecule has 4 rings (SSSR count). The van der Waals surface area contributed by atoms with Gasteiger partial charge in [0.2, 0.25) is 15.2 Å². The van der Waals surface area contributed by atoms with E-state index in [1.807, 2.05) is 19.9 Å². The maximum atomic E-state index is 12.7. The Hall–Kier alpha value is -2.05. The minimum atomic E-state index is -3.58. The van der Waals surface area contributed by atoms with Crippen LogP contribution in [0.2, 0.25) is 0 Å². The summed E-state index contributed by atoms with van der Waals surface area (Å²) in [5.74, 6) is 0.514. The van der Waals surface area contributed by atoms with Crippen LogP contribution in [0.1, 0.15) is 21.7 Å². The van der Waals surface area contributed by atoms with E-state index in [9.17, 15) is 13.2 Å². The van der Waals surface area contributed by atoms with Gasteiger partial charge in [-0.05, 0) is 32.0 Å². The van der Waals surface area contributed by atoms with Gasteiger partial charge in [0.15, 0.2) is 5.78 Å². The van der Waals surface area contributed by atoms with Crippen LogP contribution in [0.5, 0.6) is 0 Å². The van der Waals surface area contributed by atoms with Gasteiger partial charge in [-0.1, -0.05) is 23.9 Å². The molecule has 12 heteroatoms. The maximum Gasteiger partial charge on any atom is 0.253 e. The zero-order chi connectivity index (χ0) is 21.3. The van der Waals surface area contributed by atoms with E-state index in [1.54, 1.807) is 16.6 Å². The lowest BCUT2D eigenvalue weighted by Gasteiger charge is -2.26. The normalized spacial score (nSPS) is 15.0. The molecule has 0 radical (unpaired) electrons. The van der Waals surface area contributed by atoms with Gasteiger partial charge in [0.1, 0.15) is 0 Å². The zero-order valence-corrected chi connectivity index (χ0v) is 19.5. The molecule has 1 aromatic carbocycles. The highest BCUT2D eigenvalue weighted by atomic mass is 35.5. The molecular formula is C19H22ClN5O4S2. The highest BCUT2D eigenvalue weighted by molar-refractivity contribution is 7.99. The Labute approximate surface area is 190 Å². The van der Waals surface area contributed by atoms with E-state index in [0.717, 1.165) is 11.4 Å². The lowest BCUT2D eigenvalue weighted by Crippen LogP contribution is -2.40. The first-order valence-corrected chi connectivity index (χ1v) is 11.8. The van der Waals surface area contributed by atoms with Crippen LogP contribution >= 0.6 is 24.2 Å². The fraction of sp³-hybridized carbons (Fsp3) is 0.368. The number of halogens is 1. The Morgan fingerprint density at radius 1 is 1.13 bits per heavy atom. The minimum absolute atomic E-state index is 0. The molecule has 31 heavy (non-hydrogen) atoms. The first-order chi connectivity index (χ1) is 14.3. The molecule has 2 aromatic heterocycles. The largest absolute Gasteiger partial charge is 0.379 e. The number of carbonyl (C=O) groups excluding carboxylic acids is 1.